The number of hydrogen-bond donors (Lipinski definition) is 2. The lowest BCUT2D eigenvalue weighted by molar-refractivity contribution is -0.138. The molecule has 1 heterocycles. The van der Waals surface area contributed by atoms with Gasteiger partial charge < -0.3 is 19.9 Å². The molecule has 1 saturated heterocycles. The second-order valence-corrected chi connectivity index (χ2v) is 9.28. The molecule has 28 heavy (non-hydrogen) atoms. The summed E-state index contributed by atoms with van der Waals surface area (Å²) in [5.41, 5.74) is 1.25. The van der Waals surface area contributed by atoms with Crippen LogP contribution in [0.2, 0.25) is 0 Å². The molecule has 5 nitrogen and oxygen atoms in total. The molecular weight excluding hydrogens is 354 g/mol. The molecule has 3 fully saturated rings. The van der Waals surface area contributed by atoms with Crippen LogP contribution in [-0.4, -0.2) is 36.9 Å². The molecular formula is C23H33NO4. The van der Waals surface area contributed by atoms with Crippen LogP contribution in [0, 0.1) is 22.7 Å². The summed E-state index contributed by atoms with van der Waals surface area (Å²) in [4.78, 5) is 12.4. The van der Waals surface area contributed by atoms with Crippen LogP contribution in [0.4, 0.5) is 0 Å². The molecule has 2 saturated carbocycles. The van der Waals surface area contributed by atoms with Gasteiger partial charge in [0.1, 0.15) is 5.75 Å². The number of aliphatic hydroxyl groups is 1. The number of aliphatic hydroxyl groups excluding tert-OH is 1. The van der Waals surface area contributed by atoms with Crippen LogP contribution >= 0.6 is 0 Å². The van der Waals surface area contributed by atoms with Gasteiger partial charge in [0.2, 0.25) is 5.91 Å². The zero-order valence-corrected chi connectivity index (χ0v) is 17.2. The first kappa shape index (κ1) is 19.7. The van der Waals surface area contributed by atoms with E-state index in [-0.39, 0.29) is 41.9 Å². The fourth-order valence-electron chi connectivity index (χ4n) is 6.43. The van der Waals surface area contributed by atoms with Gasteiger partial charge >= 0.3 is 0 Å². The monoisotopic (exact) mass is 387 g/mol. The molecule has 2 N–H and O–H groups in total. The second-order valence-electron chi connectivity index (χ2n) is 9.28. The zero-order valence-electron chi connectivity index (χ0n) is 17.2. The minimum atomic E-state index is -0.105. The number of carbonyl (C=O) groups excluding carboxylic acids is 1. The normalized spacial score (nSPS) is 35.4. The first-order valence-electron chi connectivity index (χ1n) is 10.7. The molecule has 5 atom stereocenters. The van der Waals surface area contributed by atoms with E-state index in [0.29, 0.717) is 25.0 Å². The van der Waals surface area contributed by atoms with Crippen molar-refractivity contribution in [3.05, 3.63) is 29.8 Å². The van der Waals surface area contributed by atoms with Crippen LogP contribution in [-0.2, 0) is 9.53 Å². The highest BCUT2D eigenvalue weighted by molar-refractivity contribution is 5.76. The Labute approximate surface area is 167 Å². The van der Waals surface area contributed by atoms with Gasteiger partial charge in [-0.3, -0.25) is 4.79 Å². The third kappa shape index (κ3) is 2.94. The van der Waals surface area contributed by atoms with Crippen molar-refractivity contribution in [3.8, 4) is 5.75 Å². The zero-order chi connectivity index (χ0) is 19.9. The van der Waals surface area contributed by atoms with Crippen molar-refractivity contribution in [2.45, 2.75) is 58.6 Å². The number of rotatable bonds is 6. The summed E-state index contributed by atoms with van der Waals surface area (Å²) in [6.45, 7) is 7.83. The molecule has 1 aromatic carbocycles. The smallest absolute Gasteiger partial charge is 0.222 e. The highest BCUT2D eigenvalue weighted by atomic mass is 16.5. The van der Waals surface area contributed by atoms with Crippen molar-refractivity contribution in [2.75, 3.05) is 19.8 Å². The fraction of sp³-hybridized carbons (Fsp3) is 0.696. The first-order chi connectivity index (χ1) is 13.4. The van der Waals surface area contributed by atoms with Crippen molar-refractivity contribution in [3.63, 3.8) is 0 Å². The topological polar surface area (TPSA) is 67.8 Å². The number of carbonyl (C=O) groups is 1. The number of benzene rings is 1. The van der Waals surface area contributed by atoms with Gasteiger partial charge in [0.05, 0.1) is 19.3 Å². The van der Waals surface area contributed by atoms with Gasteiger partial charge in [-0.15, -0.1) is 0 Å². The molecule has 1 unspecified atom stereocenters. The van der Waals surface area contributed by atoms with E-state index in [1.807, 2.05) is 19.1 Å². The van der Waals surface area contributed by atoms with E-state index in [1.54, 1.807) is 0 Å². The molecule has 1 aliphatic heterocycles. The largest absolute Gasteiger partial charge is 0.493 e. The Morgan fingerprint density at radius 3 is 2.89 bits per heavy atom. The fourth-order valence-corrected chi connectivity index (χ4v) is 6.43. The van der Waals surface area contributed by atoms with Crippen molar-refractivity contribution < 1.29 is 19.4 Å². The van der Waals surface area contributed by atoms with Crippen molar-refractivity contribution >= 4 is 5.91 Å². The molecule has 1 aromatic rings. The maximum absolute atomic E-state index is 12.4. The van der Waals surface area contributed by atoms with Gasteiger partial charge in [-0.25, -0.2) is 0 Å². The van der Waals surface area contributed by atoms with Gasteiger partial charge in [0.15, 0.2) is 0 Å². The Kier molecular flexibility index (Phi) is 5.17. The van der Waals surface area contributed by atoms with E-state index in [2.05, 4.69) is 31.3 Å². The van der Waals surface area contributed by atoms with E-state index in [0.717, 1.165) is 30.6 Å². The summed E-state index contributed by atoms with van der Waals surface area (Å²) in [6, 6.07) is 8.34. The highest BCUT2D eigenvalue weighted by Crippen LogP contribution is 2.70. The second kappa shape index (κ2) is 7.34. The number of nitrogens with one attached hydrogen (secondary N) is 1. The van der Waals surface area contributed by atoms with Crippen LogP contribution in [0.25, 0.3) is 0 Å². The number of ether oxygens (including phenoxy) is 2. The van der Waals surface area contributed by atoms with Crippen molar-refractivity contribution in [2.24, 2.45) is 22.7 Å². The van der Waals surface area contributed by atoms with Gasteiger partial charge in [-0.05, 0) is 54.9 Å². The third-order valence-corrected chi connectivity index (χ3v) is 7.67. The van der Waals surface area contributed by atoms with E-state index in [9.17, 15) is 9.90 Å². The highest BCUT2D eigenvalue weighted by Gasteiger charge is 2.68. The molecule has 2 aliphatic carbocycles. The number of para-hydroxylation sites is 1. The maximum atomic E-state index is 12.4. The molecule has 0 aromatic heterocycles. The average Bonchev–Trinajstić information content (AvgIpc) is 3.15. The Bertz CT molecular complexity index is 733. The first-order valence-corrected chi connectivity index (χ1v) is 10.7. The molecule has 3 aliphatic rings. The molecule has 154 valence electrons. The van der Waals surface area contributed by atoms with Gasteiger partial charge in [0.25, 0.3) is 0 Å². The summed E-state index contributed by atoms with van der Waals surface area (Å²) in [7, 11) is 0. The minimum absolute atomic E-state index is 0.00911. The summed E-state index contributed by atoms with van der Waals surface area (Å²) in [5.74, 6) is 1.81. The lowest BCUT2D eigenvalue weighted by Crippen LogP contribution is -2.59. The van der Waals surface area contributed by atoms with Crippen molar-refractivity contribution in [1.29, 1.82) is 0 Å². The van der Waals surface area contributed by atoms with Crippen LogP contribution in [0.1, 0.15) is 58.1 Å². The number of hydrogen-bond acceptors (Lipinski definition) is 4. The van der Waals surface area contributed by atoms with Crippen molar-refractivity contribution in [1.82, 2.24) is 5.32 Å². The third-order valence-electron chi connectivity index (χ3n) is 7.67. The van der Waals surface area contributed by atoms with E-state index >= 15 is 0 Å². The Morgan fingerprint density at radius 1 is 1.36 bits per heavy atom. The summed E-state index contributed by atoms with van der Waals surface area (Å²) in [6.07, 6.45) is 3.44. The molecule has 1 amide bonds. The summed E-state index contributed by atoms with van der Waals surface area (Å²) >= 11 is 0. The quantitative estimate of drug-likeness (QED) is 0.784. The molecule has 0 radical (unpaired) electrons. The molecule has 1 spiro atoms. The average molecular weight is 388 g/mol. The van der Waals surface area contributed by atoms with Gasteiger partial charge in [-0.1, -0.05) is 32.0 Å². The Hall–Kier alpha value is -1.59. The standard InChI is InChI=1S/C23H33NO4/c1-4-27-18-8-6-5-7-16(18)20-17-13-15-14-23(17,10-12-28-20)21(22(15,2)3)24-19(26)9-11-25/h5-8,15,17,20-21,25H,4,9-14H2,1-3H3,(H,24,26)/t15-,17-,20-,21-,23?/m1/s1. The molecule has 4 rings (SSSR count). The van der Waals surface area contributed by atoms with Gasteiger partial charge in [-0.2, -0.15) is 0 Å². The van der Waals surface area contributed by atoms with Gasteiger partial charge in [0, 0.05) is 24.6 Å². The lowest BCUT2D eigenvalue weighted by Gasteiger charge is -2.53. The molecule has 5 heteroatoms. The minimum Gasteiger partial charge on any atom is -0.493 e. The lowest BCUT2D eigenvalue weighted by atomic mass is 9.58. The van der Waals surface area contributed by atoms with Crippen LogP contribution in [0.5, 0.6) is 5.75 Å². The van der Waals surface area contributed by atoms with E-state index in [1.165, 1.54) is 0 Å². The predicted molar refractivity (Wildman–Crippen MR) is 107 cm³/mol. The number of fused-ring (bicyclic) bond motifs is 1. The van der Waals surface area contributed by atoms with E-state index in [4.69, 9.17) is 9.47 Å². The van der Waals surface area contributed by atoms with Crippen LogP contribution in [0.3, 0.4) is 0 Å². The summed E-state index contributed by atoms with van der Waals surface area (Å²) < 4.78 is 12.3. The SMILES string of the molecule is CCOc1ccccc1[C@H]1OCCC23C[C@@H](C[C@H]12)C(C)(C)[C@H]3NC(=O)CCO. The Balaban J connectivity index is 1.68. The predicted octanol–water partition coefficient (Wildman–Crippen LogP) is 3.47. The number of amides is 1. The van der Waals surface area contributed by atoms with E-state index < -0.39 is 0 Å². The van der Waals surface area contributed by atoms with Crippen LogP contribution in [0.15, 0.2) is 24.3 Å². The molecule has 2 bridgehead atoms. The Morgan fingerprint density at radius 2 is 2.14 bits per heavy atom. The maximum Gasteiger partial charge on any atom is 0.222 e. The van der Waals surface area contributed by atoms with Crippen LogP contribution < -0.4 is 10.1 Å². The summed E-state index contributed by atoms with van der Waals surface area (Å²) in [5, 5.41) is 12.5.